The molecule has 0 atom stereocenters. The molecule has 6 heteroatoms. The molecule has 0 bridgehead atoms. The maximum atomic E-state index is 11.1. The second-order valence-corrected chi connectivity index (χ2v) is 16.0. The number of imidazole rings is 1. The van der Waals surface area contributed by atoms with Crippen molar-refractivity contribution >= 4 is 43.9 Å². The van der Waals surface area contributed by atoms with E-state index in [2.05, 4.69) is 137 Å². The molecule has 3 heterocycles. The van der Waals surface area contributed by atoms with Crippen molar-refractivity contribution in [1.29, 1.82) is 0 Å². The van der Waals surface area contributed by atoms with Crippen molar-refractivity contribution in [3.63, 3.8) is 0 Å². The zero-order valence-corrected chi connectivity index (χ0v) is 33.4. The molecule has 0 aliphatic heterocycles. The molecule has 3 aromatic heterocycles. The Labute approximate surface area is 329 Å². The number of aromatic hydroxyl groups is 1. The van der Waals surface area contributed by atoms with Gasteiger partial charge in [-0.05, 0) is 64.4 Å². The first-order valence-electron chi connectivity index (χ1n) is 18.1. The third-order valence-corrected chi connectivity index (χ3v) is 10.4. The van der Waals surface area contributed by atoms with Crippen LogP contribution in [0.15, 0.2) is 132 Å². The molecular formula is C48H40N3O2Pt-. The third kappa shape index (κ3) is 5.92. The molecule has 0 amide bonds. The van der Waals surface area contributed by atoms with Gasteiger partial charge < -0.3 is 9.52 Å². The van der Waals surface area contributed by atoms with E-state index in [0.717, 1.165) is 71.8 Å². The number of hydrogen-bond acceptors (Lipinski definition) is 4. The van der Waals surface area contributed by atoms with Gasteiger partial charge in [-0.15, -0.1) is 35.4 Å². The van der Waals surface area contributed by atoms with Crippen LogP contribution in [0.3, 0.4) is 0 Å². The Morgan fingerprint density at radius 3 is 2.02 bits per heavy atom. The predicted octanol–water partition coefficient (Wildman–Crippen LogP) is 12.6. The van der Waals surface area contributed by atoms with E-state index in [1.54, 1.807) is 6.07 Å². The standard InChI is InChI=1S/C48H40N3O2.Pt/c1-47(2,3)31-21-23-33(24-22-31)51-39-18-12-17-34(45(39)50-46(51)35-15-7-9-19-40(35)52)29-13-11-14-30(25-29)37-26-32(48(4,5)6)27-38-43-36-16-8-10-20-41(36)53-42(43)28-49-44(37)38;/h7-24,26-28,52H,1-6H3;/q-1;. The van der Waals surface area contributed by atoms with Gasteiger partial charge >= 0.3 is 0 Å². The Bertz CT molecular complexity index is 2870. The number of benzene rings is 6. The summed E-state index contributed by atoms with van der Waals surface area (Å²) in [5.74, 6) is 0.859. The molecule has 0 unspecified atom stereocenters. The fraction of sp³-hybridized carbons (Fsp3) is 0.167. The molecule has 1 N–H and O–H groups in total. The minimum Gasteiger partial charge on any atom is -0.507 e. The van der Waals surface area contributed by atoms with Gasteiger partial charge in [0.15, 0.2) is 5.58 Å². The molecule has 0 fully saturated rings. The fourth-order valence-electron chi connectivity index (χ4n) is 7.47. The van der Waals surface area contributed by atoms with Crippen molar-refractivity contribution < 1.29 is 30.6 Å². The van der Waals surface area contributed by atoms with Crippen LogP contribution in [0.4, 0.5) is 0 Å². The van der Waals surface area contributed by atoms with Gasteiger partial charge in [0.2, 0.25) is 0 Å². The Balaban J connectivity index is 0.00000413. The molecule has 0 aliphatic carbocycles. The van der Waals surface area contributed by atoms with Gasteiger partial charge in [0.05, 0.1) is 22.8 Å². The number of aromatic nitrogens is 3. The van der Waals surface area contributed by atoms with Gasteiger partial charge in [-0.1, -0.05) is 113 Å². The number of pyridine rings is 1. The van der Waals surface area contributed by atoms with Gasteiger partial charge in [-0.3, -0.25) is 9.55 Å². The van der Waals surface area contributed by atoms with Crippen LogP contribution in [-0.2, 0) is 31.9 Å². The van der Waals surface area contributed by atoms with Crippen molar-refractivity contribution in [2.45, 2.75) is 52.4 Å². The van der Waals surface area contributed by atoms with Gasteiger partial charge in [0.1, 0.15) is 17.2 Å². The van der Waals surface area contributed by atoms with Crippen LogP contribution in [0.1, 0.15) is 52.7 Å². The summed E-state index contributed by atoms with van der Waals surface area (Å²) in [5, 5.41) is 14.3. The van der Waals surface area contributed by atoms with Crippen LogP contribution < -0.4 is 0 Å². The molecule has 9 aromatic rings. The molecule has 0 aliphatic rings. The van der Waals surface area contributed by atoms with E-state index in [9.17, 15) is 5.11 Å². The second kappa shape index (κ2) is 13.1. The number of fused-ring (bicyclic) bond motifs is 6. The van der Waals surface area contributed by atoms with Gasteiger partial charge in [0, 0.05) is 48.4 Å². The molecule has 0 radical (unpaired) electrons. The second-order valence-electron chi connectivity index (χ2n) is 16.0. The molecule has 6 aromatic carbocycles. The maximum Gasteiger partial charge on any atom is 0.154 e. The number of phenols is 1. The van der Waals surface area contributed by atoms with E-state index in [1.807, 2.05) is 36.5 Å². The average Bonchev–Trinajstić information content (AvgIpc) is 3.73. The van der Waals surface area contributed by atoms with Crippen LogP contribution >= 0.6 is 0 Å². The zero-order valence-electron chi connectivity index (χ0n) is 31.1. The third-order valence-electron chi connectivity index (χ3n) is 10.4. The van der Waals surface area contributed by atoms with Gasteiger partial charge in [0.25, 0.3) is 0 Å². The zero-order chi connectivity index (χ0) is 36.6. The van der Waals surface area contributed by atoms with Crippen molar-refractivity contribution in [3.05, 3.63) is 145 Å². The summed E-state index contributed by atoms with van der Waals surface area (Å²) in [6, 6.07) is 45.2. The smallest absolute Gasteiger partial charge is 0.154 e. The largest absolute Gasteiger partial charge is 0.507 e. The summed E-state index contributed by atoms with van der Waals surface area (Å²) in [7, 11) is 0. The number of para-hydroxylation sites is 3. The summed E-state index contributed by atoms with van der Waals surface area (Å²) >= 11 is 0. The van der Waals surface area contributed by atoms with Crippen LogP contribution in [0.25, 0.3) is 83.2 Å². The van der Waals surface area contributed by atoms with Crippen LogP contribution in [0.2, 0.25) is 0 Å². The maximum absolute atomic E-state index is 11.1. The van der Waals surface area contributed by atoms with E-state index in [0.29, 0.717) is 11.4 Å². The number of furan rings is 1. The van der Waals surface area contributed by atoms with Gasteiger partial charge in [-0.2, -0.15) is 0 Å². The molecule has 0 spiro atoms. The van der Waals surface area contributed by atoms with Crippen molar-refractivity contribution in [1.82, 2.24) is 14.5 Å². The van der Waals surface area contributed by atoms with Crippen LogP contribution in [-0.4, -0.2) is 19.6 Å². The molecule has 270 valence electrons. The first kappa shape index (κ1) is 35.5. The molecule has 54 heavy (non-hydrogen) atoms. The Hall–Kier alpha value is -5.51. The van der Waals surface area contributed by atoms with Crippen LogP contribution in [0, 0.1) is 6.07 Å². The van der Waals surface area contributed by atoms with Gasteiger partial charge in [-0.25, -0.2) is 4.98 Å². The monoisotopic (exact) mass is 885 g/mol. The van der Waals surface area contributed by atoms with Crippen molar-refractivity contribution in [2.24, 2.45) is 0 Å². The SMILES string of the molecule is CC(C)(C)c1ccc(-n2c(-c3ccccc3O)nc3c(-c4[c-]c(-c5cc(C(C)(C)C)cc6c5ncc5oc7ccccc7c56)ccc4)cccc32)cc1.[Pt]. The predicted molar refractivity (Wildman–Crippen MR) is 218 cm³/mol. The summed E-state index contributed by atoms with van der Waals surface area (Å²) < 4.78 is 8.41. The normalized spacial score (nSPS) is 12.2. The molecule has 0 saturated heterocycles. The number of rotatable bonds is 4. The first-order chi connectivity index (χ1) is 25.5. The summed E-state index contributed by atoms with van der Waals surface area (Å²) in [6.45, 7) is 13.4. The molecule has 5 nitrogen and oxygen atoms in total. The number of hydrogen-bond donors (Lipinski definition) is 1. The van der Waals surface area contributed by atoms with Crippen LogP contribution in [0.5, 0.6) is 5.75 Å². The Morgan fingerprint density at radius 2 is 1.28 bits per heavy atom. The van der Waals surface area contributed by atoms with E-state index >= 15 is 0 Å². The molecular weight excluding hydrogens is 846 g/mol. The average molecular weight is 886 g/mol. The fourth-order valence-corrected chi connectivity index (χ4v) is 7.47. The minimum atomic E-state index is -0.106. The quantitative estimate of drug-likeness (QED) is 0.179. The van der Waals surface area contributed by atoms with Crippen molar-refractivity contribution in [2.75, 3.05) is 0 Å². The summed E-state index contributed by atoms with van der Waals surface area (Å²) in [6.07, 6.45) is 1.85. The Morgan fingerprint density at radius 1 is 0.611 bits per heavy atom. The summed E-state index contributed by atoms with van der Waals surface area (Å²) in [5.41, 5.74) is 12.2. The molecule has 0 saturated carbocycles. The van der Waals surface area contributed by atoms with E-state index < -0.39 is 0 Å². The topological polar surface area (TPSA) is 64.1 Å². The summed E-state index contributed by atoms with van der Waals surface area (Å²) in [4.78, 5) is 10.3. The number of phenolic OH excluding ortho intramolecular Hbond substituents is 1. The first-order valence-corrected chi connectivity index (χ1v) is 18.1. The number of nitrogens with zero attached hydrogens (tertiary/aromatic N) is 3. The molecule has 9 rings (SSSR count). The van der Waals surface area contributed by atoms with E-state index in [4.69, 9.17) is 14.4 Å². The minimum absolute atomic E-state index is 0. The van der Waals surface area contributed by atoms with E-state index in [1.165, 1.54) is 11.1 Å². The Kier molecular flexibility index (Phi) is 8.62. The van der Waals surface area contributed by atoms with Crippen molar-refractivity contribution in [3.8, 4) is 45.1 Å². The van der Waals surface area contributed by atoms with E-state index in [-0.39, 0.29) is 37.6 Å².